The Balaban J connectivity index is 1.98. The van der Waals surface area contributed by atoms with Gasteiger partial charge in [0, 0.05) is 17.9 Å². The fraction of sp³-hybridized carbons (Fsp3) is 0.261. The number of nitrogens with zero attached hydrogens (tertiary/aromatic N) is 1. The van der Waals surface area contributed by atoms with Crippen LogP contribution in [0, 0.1) is 0 Å². The standard InChI is InChI=1S/C23H26F3N3O2/c1-15(2)21(12-22(30)31)16(3)29(27)14-18-6-10-20(11-7-18)28-13-17-4-8-19(9-5-17)23(24,25)26/h4-11,28H,1,12-14,27H2,2-3H3,(H,30,31)/b21-16-. The molecule has 0 radical (unpaired) electrons. The van der Waals surface area contributed by atoms with Crippen LogP contribution in [0.1, 0.15) is 37.0 Å². The van der Waals surface area contributed by atoms with Gasteiger partial charge in [-0.3, -0.25) is 4.79 Å². The normalized spacial score (nSPS) is 12.2. The Hall–Kier alpha value is -3.26. The van der Waals surface area contributed by atoms with Crippen molar-refractivity contribution in [3.63, 3.8) is 0 Å². The number of allylic oxidation sites excluding steroid dienone is 2. The maximum Gasteiger partial charge on any atom is 0.416 e. The van der Waals surface area contributed by atoms with Gasteiger partial charge in [0.25, 0.3) is 0 Å². The first-order valence-corrected chi connectivity index (χ1v) is 9.56. The number of hydrogen-bond donors (Lipinski definition) is 3. The number of hydrogen-bond acceptors (Lipinski definition) is 4. The Bertz CT molecular complexity index is 950. The molecule has 0 aliphatic carbocycles. The first kappa shape index (κ1) is 24.0. The van der Waals surface area contributed by atoms with E-state index in [4.69, 9.17) is 10.9 Å². The van der Waals surface area contributed by atoms with Crippen molar-refractivity contribution in [2.24, 2.45) is 5.84 Å². The summed E-state index contributed by atoms with van der Waals surface area (Å²) in [6.07, 6.45) is -4.49. The SMILES string of the molecule is C=C(C)/C(CC(=O)O)=C(/C)N(N)Cc1ccc(NCc2ccc(C(F)(F)F)cc2)cc1. The largest absolute Gasteiger partial charge is 0.481 e. The molecule has 0 aliphatic heterocycles. The number of alkyl halides is 3. The number of anilines is 1. The first-order valence-electron chi connectivity index (χ1n) is 9.56. The van der Waals surface area contributed by atoms with E-state index >= 15 is 0 Å². The third kappa shape index (κ3) is 7.18. The zero-order valence-electron chi connectivity index (χ0n) is 17.5. The van der Waals surface area contributed by atoms with Crippen molar-refractivity contribution in [2.45, 2.75) is 39.5 Å². The van der Waals surface area contributed by atoms with Gasteiger partial charge in [0.2, 0.25) is 0 Å². The van der Waals surface area contributed by atoms with Crippen LogP contribution in [0.3, 0.4) is 0 Å². The van der Waals surface area contributed by atoms with Crippen molar-refractivity contribution < 1.29 is 23.1 Å². The minimum Gasteiger partial charge on any atom is -0.481 e. The number of rotatable bonds is 9. The van der Waals surface area contributed by atoms with Gasteiger partial charge in [-0.05, 0) is 54.8 Å². The van der Waals surface area contributed by atoms with E-state index in [1.54, 1.807) is 13.8 Å². The molecule has 4 N–H and O–H groups in total. The summed E-state index contributed by atoms with van der Waals surface area (Å²) in [6.45, 7) is 8.09. The Morgan fingerprint density at radius 1 is 1.06 bits per heavy atom. The molecule has 2 aromatic carbocycles. The quantitative estimate of drug-likeness (QED) is 0.283. The molecule has 0 saturated carbocycles. The average Bonchev–Trinajstić information content (AvgIpc) is 2.70. The summed E-state index contributed by atoms with van der Waals surface area (Å²) >= 11 is 0. The molecule has 2 rings (SSSR count). The molecule has 0 unspecified atom stereocenters. The van der Waals surface area contributed by atoms with Gasteiger partial charge in [-0.2, -0.15) is 13.2 Å². The van der Waals surface area contributed by atoms with Gasteiger partial charge >= 0.3 is 12.1 Å². The van der Waals surface area contributed by atoms with Crippen molar-refractivity contribution in [2.75, 3.05) is 5.32 Å². The molecule has 0 bridgehead atoms. The summed E-state index contributed by atoms with van der Waals surface area (Å²) < 4.78 is 37.9. The van der Waals surface area contributed by atoms with Crippen LogP contribution in [0.15, 0.2) is 72.0 Å². The second-order valence-electron chi connectivity index (χ2n) is 7.29. The molecule has 166 valence electrons. The predicted octanol–water partition coefficient (Wildman–Crippen LogP) is 5.32. The van der Waals surface area contributed by atoms with Crippen LogP contribution >= 0.6 is 0 Å². The fourth-order valence-corrected chi connectivity index (χ4v) is 2.97. The second kappa shape index (κ2) is 10.2. The molecule has 0 spiro atoms. The van der Waals surface area contributed by atoms with E-state index in [-0.39, 0.29) is 6.42 Å². The Kier molecular flexibility index (Phi) is 7.88. The van der Waals surface area contributed by atoms with Crippen LogP contribution in [0.4, 0.5) is 18.9 Å². The summed E-state index contributed by atoms with van der Waals surface area (Å²) in [5.41, 5.74) is 3.67. The van der Waals surface area contributed by atoms with Crippen molar-refractivity contribution in [3.8, 4) is 0 Å². The zero-order chi connectivity index (χ0) is 23.2. The lowest BCUT2D eigenvalue weighted by Crippen LogP contribution is -2.30. The monoisotopic (exact) mass is 433 g/mol. The highest BCUT2D eigenvalue weighted by atomic mass is 19.4. The van der Waals surface area contributed by atoms with Crippen molar-refractivity contribution in [3.05, 3.63) is 88.6 Å². The number of nitrogens with one attached hydrogen (secondary N) is 1. The van der Waals surface area contributed by atoms with Gasteiger partial charge in [-0.1, -0.05) is 36.4 Å². The molecule has 0 amide bonds. The molecule has 31 heavy (non-hydrogen) atoms. The van der Waals surface area contributed by atoms with E-state index in [0.29, 0.717) is 29.9 Å². The van der Waals surface area contributed by atoms with E-state index in [9.17, 15) is 18.0 Å². The van der Waals surface area contributed by atoms with E-state index in [0.717, 1.165) is 28.9 Å². The van der Waals surface area contributed by atoms with E-state index in [2.05, 4.69) is 11.9 Å². The molecule has 0 heterocycles. The molecule has 5 nitrogen and oxygen atoms in total. The number of nitrogens with two attached hydrogens (primary N) is 1. The maximum atomic E-state index is 12.6. The molecular weight excluding hydrogens is 407 g/mol. The first-order chi connectivity index (χ1) is 14.5. The molecule has 0 aromatic heterocycles. The molecule has 0 aliphatic rings. The van der Waals surface area contributed by atoms with E-state index in [1.165, 1.54) is 17.1 Å². The highest BCUT2D eigenvalue weighted by Gasteiger charge is 2.29. The number of carboxylic acids is 1. The van der Waals surface area contributed by atoms with Gasteiger partial charge < -0.3 is 15.4 Å². The van der Waals surface area contributed by atoms with Gasteiger partial charge in [0.15, 0.2) is 0 Å². The smallest absolute Gasteiger partial charge is 0.416 e. The molecule has 2 aromatic rings. The van der Waals surface area contributed by atoms with Crippen LogP contribution < -0.4 is 11.2 Å². The zero-order valence-corrected chi connectivity index (χ0v) is 17.5. The lowest BCUT2D eigenvalue weighted by atomic mass is 10.0. The third-order valence-electron chi connectivity index (χ3n) is 4.80. The molecule has 0 fully saturated rings. The highest BCUT2D eigenvalue weighted by molar-refractivity contribution is 5.71. The number of carboxylic acid groups (broad SMARTS) is 1. The number of hydrazine groups is 1. The third-order valence-corrected chi connectivity index (χ3v) is 4.80. The topological polar surface area (TPSA) is 78.6 Å². The van der Waals surface area contributed by atoms with Crippen molar-refractivity contribution >= 4 is 11.7 Å². The predicted molar refractivity (Wildman–Crippen MR) is 115 cm³/mol. The van der Waals surface area contributed by atoms with Gasteiger partial charge in [-0.15, -0.1) is 0 Å². The summed E-state index contributed by atoms with van der Waals surface area (Å²) in [5.74, 6) is 5.18. The summed E-state index contributed by atoms with van der Waals surface area (Å²) in [7, 11) is 0. The van der Waals surface area contributed by atoms with Crippen molar-refractivity contribution in [1.82, 2.24) is 5.01 Å². The summed E-state index contributed by atoms with van der Waals surface area (Å²) in [4.78, 5) is 11.1. The molecular formula is C23H26F3N3O2. The van der Waals surface area contributed by atoms with Crippen molar-refractivity contribution in [1.29, 1.82) is 0 Å². The summed E-state index contributed by atoms with van der Waals surface area (Å²) in [5, 5.41) is 13.7. The molecule has 0 saturated heterocycles. The molecule has 0 atom stereocenters. The number of benzene rings is 2. The number of carbonyl (C=O) groups is 1. The second-order valence-corrected chi connectivity index (χ2v) is 7.29. The maximum absolute atomic E-state index is 12.6. The average molecular weight is 433 g/mol. The Morgan fingerprint density at radius 3 is 2.10 bits per heavy atom. The number of aliphatic carboxylic acids is 1. The van der Waals surface area contributed by atoms with Crippen LogP contribution in [0.5, 0.6) is 0 Å². The minimum atomic E-state index is -4.34. The van der Waals surface area contributed by atoms with Crippen LogP contribution in [0.25, 0.3) is 0 Å². The Labute approximate surface area is 179 Å². The highest BCUT2D eigenvalue weighted by Crippen LogP contribution is 2.29. The fourth-order valence-electron chi connectivity index (χ4n) is 2.97. The molecule has 8 heteroatoms. The van der Waals surface area contributed by atoms with Gasteiger partial charge in [-0.25, -0.2) is 5.84 Å². The van der Waals surface area contributed by atoms with E-state index in [1.807, 2.05) is 24.3 Å². The van der Waals surface area contributed by atoms with E-state index < -0.39 is 17.7 Å². The minimum absolute atomic E-state index is 0.151. The van der Waals surface area contributed by atoms with Gasteiger partial charge in [0.1, 0.15) is 0 Å². The Morgan fingerprint density at radius 2 is 1.61 bits per heavy atom. The van der Waals surface area contributed by atoms with Crippen LogP contribution in [0.2, 0.25) is 0 Å². The lowest BCUT2D eigenvalue weighted by molar-refractivity contribution is -0.138. The lowest BCUT2D eigenvalue weighted by Gasteiger charge is -2.23. The summed E-state index contributed by atoms with van der Waals surface area (Å²) in [6, 6.07) is 12.5. The van der Waals surface area contributed by atoms with Gasteiger partial charge in [0.05, 0.1) is 18.5 Å². The van der Waals surface area contributed by atoms with Crippen LogP contribution in [-0.2, 0) is 24.1 Å². The number of halogens is 3. The van der Waals surface area contributed by atoms with Crippen LogP contribution in [-0.4, -0.2) is 16.1 Å².